The molecule has 1 saturated heterocycles. The number of amides is 1. The molecule has 1 fully saturated rings. The Morgan fingerprint density at radius 1 is 0.976 bits per heavy atom. The molecule has 1 amide bonds. The number of imidazole rings is 1. The lowest BCUT2D eigenvalue weighted by molar-refractivity contribution is -0.166. The maximum absolute atomic E-state index is 12.1. The van der Waals surface area contributed by atoms with Crippen LogP contribution in [0, 0.1) is 0 Å². The second-order valence-corrected chi connectivity index (χ2v) is 10.9. The molecular weight excluding hydrogens is 578 g/mol. The smallest absolute Gasteiger partial charge is 0.407 e. The van der Waals surface area contributed by atoms with Gasteiger partial charge in [-0.05, 0) is 20.8 Å². The molecule has 2 aromatic rings. The molecule has 1 aliphatic rings. The second-order valence-electron chi connectivity index (χ2n) is 9.98. The molecule has 0 bridgehead atoms. The zero-order valence-corrected chi connectivity index (χ0v) is 24.8. The lowest BCUT2D eigenvalue weighted by Crippen LogP contribution is -2.40. The van der Waals surface area contributed by atoms with Gasteiger partial charge in [0.2, 0.25) is 0 Å². The molecule has 2 aromatic heterocycles. The lowest BCUT2D eigenvalue weighted by Gasteiger charge is -2.23. The monoisotopic (exact) mass is 611 g/mol. The molecule has 0 unspecified atom stereocenters. The van der Waals surface area contributed by atoms with E-state index in [1.165, 1.54) is 38.0 Å². The third-order valence-electron chi connectivity index (χ3n) is 5.35. The Balaban J connectivity index is 1.70. The molecule has 3 heterocycles. The highest BCUT2D eigenvalue weighted by Crippen LogP contribution is 2.36. The van der Waals surface area contributed by atoms with Crippen LogP contribution in [0.1, 0.15) is 54.2 Å². The number of alkyl carbamates (subject to hydrolysis) is 1. The van der Waals surface area contributed by atoms with Gasteiger partial charge in [-0.1, -0.05) is 11.8 Å². The minimum absolute atomic E-state index is 0.0399. The average molecular weight is 612 g/mol. The number of nitrogens with one attached hydrogen (secondary N) is 1. The number of ether oxygens (including phenoxy) is 6. The van der Waals surface area contributed by atoms with Gasteiger partial charge in [0.25, 0.3) is 0 Å². The minimum Gasteiger partial charge on any atom is -0.463 e. The topological polar surface area (TPSA) is 196 Å². The molecule has 16 nitrogen and oxygen atoms in total. The number of hydrogen-bond acceptors (Lipinski definition) is 15. The number of hydrogen-bond donors (Lipinski definition) is 1. The third-order valence-corrected chi connectivity index (χ3v) is 6.16. The first-order chi connectivity index (χ1) is 19.7. The third kappa shape index (κ3) is 9.27. The summed E-state index contributed by atoms with van der Waals surface area (Å²) in [5.74, 6) is -2.53. The van der Waals surface area contributed by atoms with Gasteiger partial charge < -0.3 is 33.7 Å². The molecule has 3 rings (SSSR count). The van der Waals surface area contributed by atoms with Crippen LogP contribution < -0.4 is 5.32 Å². The van der Waals surface area contributed by atoms with Crippen LogP contribution in [-0.2, 0) is 47.6 Å². The van der Waals surface area contributed by atoms with Crippen molar-refractivity contribution in [2.75, 3.05) is 19.1 Å². The van der Waals surface area contributed by atoms with Gasteiger partial charge in [0.05, 0.1) is 12.7 Å². The Hall–Kier alpha value is -3.99. The van der Waals surface area contributed by atoms with Gasteiger partial charge in [-0.3, -0.25) is 23.7 Å². The summed E-state index contributed by atoms with van der Waals surface area (Å²) in [5, 5.41) is 2.86. The van der Waals surface area contributed by atoms with Crippen LogP contribution in [0.3, 0.4) is 0 Å². The van der Waals surface area contributed by atoms with Gasteiger partial charge in [0, 0.05) is 27.3 Å². The summed E-state index contributed by atoms with van der Waals surface area (Å²) < 4.78 is 33.8. The SMILES string of the molecule is CC(=O)OC[C@H]1O[C@@H](n2cnc3c(SCOC(=O)CCNC(=O)OC(C)(C)C)ncnc32)[C@H](OC(C)=O)[C@@H]1OC(C)=O. The molecule has 0 aliphatic carbocycles. The van der Waals surface area contributed by atoms with E-state index < -0.39 is 60.1 Å². The van der Waals surface area contributed by atoms with Gasteiger partial charge in [0.15, 0.2) is 24.1 Å². The van der Waals surface area contributed by atoms with Gasteiger partial charge in [0.1, 0.15) is 41.1 Å². The van der Waals surface area contributed by atoms with Crippen molar-refractivity contribution in [3.05, 3.63) is 12.7 Å². The number of fused-ring (bicyclic) bond motifs is 1. The number of aromatic nitrogens is 4. The zero-order valence-electron chi connectivity index (χ0n) is 24.0. The summed E-state index contributed by atoms with van der Waals surface area (Å²) in [6.07, 6.45) is -2.26. The Labute approximate surface area is 245 Å². The highest BCUT2D eigenvalue weighted by atomic mass is 32.2. The molecule has 17 heteroatoms. The summed E-state index contributed by atoms with van der Waals surface area (Å²) in [5.41, 5.74) is -0.0297. The van der Waals surface area contributed by atoms with Crippen molar-refractivity contribution in [3.63, 3.8) is 0 Å². The highest BCUT2D eigenvalue weighted by molar-refractivity contribution is 7.99. The van der Waals surface area contributed by atoms with Gasteiger partial charge in [-0.15, -0.1) is 0 Å². The number of carbonyl (C=O) groups excluding carboxylic acids is 5. The molecule has 230 valence electrons. The summed E-state index contributed by atoms with van der Waals surface area (Å²) in [4.78, 5) is 71.8. The van der Waals surface area contributed by atoms with E-state index in [1.54, 1.807) is 20.8 Å². The number of carbonyl (C=O) groups is 5. The minimum atomic E-state index is -1.12. The predicted molar refractivity (Wildman–Crippen MR) is 143 cm³/mol. The van der Waals surface area contributed by atoms with Crippen molar-refractivity contribution in [1.29, 1.82) is 0 Å². The first kappa shape index (κ1) is 32.5. The molecule has 0 aromatic carbocycles. The highest BCUT2D eigenvalue weighted by Gasteiger charge is 2.51. The normalized spacial score (nSPS) is 20.0. The molecule has 0 radical (unpaired) electrons. The maximum Gasteiger partial charge on any atom is 0.407 e. The van der Waals surface area contributed by atoms with Crippen molar-refractivity contribution in [2.45, 2.75) is 83.1 Å². The van der Waals surface area contributed by atoms with Crippen molar-refractivity contribution < 1.29 is 52.4 Å². The summed E-state index contributed by atoms with van der Waals surface area (Å²) in [6.45, 7) is 8.56. The Morgan fingerprint density at radius 2 is 1.67 bits per heavy atom. The van der Waals surface area contributed by atoms with Gasteiger partial charge in [-0.25, -0.2) is 19.7 Å². The van der Waals surface area contributed by atoms with E-state index in [9.17, 15) is 24.0 Å². The largest absolute Gasteiger partial charge is 0.463 e. The van der Waals surface area contributed by atoms with E-state index >= 15 is 0 Å². The second kappa shape index (κ2) is 14.3. The number of rotatable bonds is 11. The molecule has 0 saturated carbocycles. The first-order valence-electron chi connectivity index (χ1n) is 12.8. The fourth-order valence-corrected chi connectivity index (χ4v) is 4.55. The molecular formula is C25H33N5O11S. The van der Waals surface area contributed by atoms with Crippen molar-refractivity contribution >= 4 is 52.9 Å². The fraction of sp³-hybridized carbons (Fsp3) is 0.600. The molecule has 1 N–H and O–H groups in total. The molecule has 0 spiro atoms. The van der Waals surface area contributed by atoms with Crippen LogP contribution in [0.5, 0.6) is 0 Å². The Kier molecular flexibility index (Phi) is 11.0. The van der Waals surface area contributed by atoms with Crippen molar-refractivity contribution in [2.24, 2.45) is 0 Å². The van der Waals surface area contributed by atoms with E-state index in [0.29, 0.717) is 10.5 Å². The standard InChI is InChI=1S/C25H33N5O11S/c1-13(31)36-9-16-19(38-14(2)32)20(39-15(3)33)23(40-16)30-11-29-18-21(30)27-10-28-22(18)42-12-37-17(34)7-8-26-24(35)41-25(4,5)6/h10-11,16,19-20,23H,7-9,12H2,1-6H3,(H,26,35)/t16-,19-,20-,23-/m1/s1. The Morgan fingerprint density at radius 3 is 2.31 bits per heavy atom. The van der Waals surface area contributed by atoms with Gasteiger partial charge in [-0.2, -0.15) is 0 Å². The van der Waals surface area contributed by atoms with E-state index in [1.807, 2.05) is 0 Å². The maximum atomic E-state index is 12.1. The van der Waals surface area contributed by atoms with E-state index in [-0.39, 0.29) is 31.2 Å². The fourth-order valence-electron chi connectivity index (χ4n) is 3.84. The van der Waals surface area contributed by atoms with Crippen molar-refractivity contribution in [1.82, 2.24) is 24.8 Å². The van der Waals surface area contributed by atoms with Crippen LogP contribution in [0.15, 0.2) is 17.7 Å². The summed E-state index contributed by atoms with van der Waals surface area (Å²) in [7, 11) is 0. The molecule has 1 aliphatic heterocycles. The summed E-state index contributed by atoms with van der Waals surface area (Å²) in [6, 6.07) is 0. The van der Waals surface area contributed by atoms with Crippen LogP contribution in [0.25, 0.3) is 11.2 Å². The zero-order chi connectivity index (χ0) is 31.0. The first-order valence-corrected chi connectivity index (χ1v) is 13.8. The quantitative estimate of drug-likeness (QED) is 0.126. The van der Waals surface area contributed by atoms with Crippen LogP contribution in [0.2, 0.25) is 0 Å². The van der Waals surface area contributed by atoms with Crippen LogP contribution in [-0.4, -0.2) is 92.5 Å². The Bertz CT molecular complexity index is 1310. The van der Waals surface area contributed by atoms with E-state index in [2.05, 4.69) is 20.3 Å². The van der Waals surface area contributed by atoms with E-state index in [0.717, 1.165) is 11.8 Å². The number of nitrogens with zero attached hydrogens (tertiary/aromatic N) is 4. The number of thioether (sulfide) groups is 1. The average Bonchev–Trinajstić information content (AvgIpc) is 3.43. The predicted octanol–water partition coefficient (Wildman–Crippen LogP) is 1.66. The van der Waals surface area contributed by atoms with Crippen LogP contribution >= 0.6 is 11.8 Å². The number of esters is 4. The van der Waals surface area contributed by atoms with Gasteiger partial charge >= 0.3 is 30.0 Å². The van der Waals surface area contributed by atoms with Crippen LogP contribution in [0.4, 0.5) is 4.79 Å². The lowest BCUT2D eigenvalue weighted by atomic mass is 10.1. The molecule has 4 atom stereocenters. The van der Waals surface area contributed by atoms with Crippen molar-refractivity contribution in [3.8, 4) is 0 Å². The van der Waals surface area contributed by atoms with E-state index in [4.69, 9.17) is 28.4 Å². The molecule has 42 heavy (non-hydrogen) atoms. The summed E-state index contributed by atoms with van der Waals surface area (Å²) >= 11 is 1.08.